The Morgan fingerprint density at radius 2 is 2.11 bits per heavy atom. The molecule has 35 heavy (non-hydrogen) atoms. The fourth-order valence-corrected chi connectivity index (χ4v) is 5.03. The number of piperidine rings is 1. The number of alkyl halides is 1. The molecule has 1 saturated heterocycles. The van der Waals surface area contributed by atoms with Crippen LogP contribution < -0.4 is 9.62 Å². The minimum absolute atomic E-state index is 0.0204. The number of likely N-dealkylation sites (N-methyl/N-ethyl adjacent to an activating group) is 1. The fraction of sp³-hybridized carbons (Fsp3) is 0.522. The number of nitrogens with one attached hydrogen (secondary N) is 1. The number of carbonyl (C=O) groups excluding carboxylic acids is 1. The third kappa shape index (κ3) is 6.33. The van der Waals surface area contributed by atoms with E-state index in [1.54, 1.807) is 22.4 Å². The van der Waals surface area contributed by atoms with Crippen LogP contribution in [0.4, 0.5) is 5.82 Å². The molecule has 3 heterocycles. The van der Waals surface area contributed by atoms with E-state index in [9.17, 15) is 18.3 Å². The standard InChI is InChI=1S/C23H33ClN6O4S/c1-5-18(27-35(4,33)34)17(9-10-24)23(32)29-11-7-6-8-20(29)19-15-22-25-21(28(3)12-13-31)14-16(2)30(22)26-19/h5,9,14-15,20,27,31H,6-8,10-13H2,1-4H3/b17-9+,18-5+/t20-/m0/s1. The van der Waals surface area contributed by atoms with E-state index in [0.717, 1.165) is 42.7 Å². The molecule has 1 aliphatic heterocycles. The summed E-state index contributed by atoms with van der Waals surface area (Å²) in [5.41, 5.74) is 2.67. The maximum absolute atomic E-state index is 13.7. The van der Waals surface area contributed by atoms with Crippen molar-refractivity contribution < 1.29 is 18.3 Å². The topological polar surface area (TPSA) is 120 Å². The molecule has 2 aromatic heterocycles. The molecule has 1 amide bonds. The molecule has 2 N–H and O–H groups in total. The Hall–Kier alpha value is -2.63. The summed E-state index contributed by atoms with van der Waals surface area (Å²) in [4.78, 5) is 22.0. The molecule has 3 rings (SSSR count). The van der Waals surface area contributed by atoms with Crippen LogP contribution in [0.1, 0.15) is 43.6 Å². The number of aliphatic hydroxyl groups excluding tert-OH is 1. The zero-order valence-electron chi connectivity index (χ0n) is 20.5. The lowest BCUT2D eigenvalue weighted by Gasteiger charge is -2.35. The fourth-order valence-electron chi connectivity index (χ4n) is 4.24. The van der Waals surface area contributed by atoms with Crippen molar-refractivity contribution in [2.24, 2.45) is 0 Å². The molecular formula is C23H33ClN6O4S. The number of hydrogen-bond acceptors (Lipinski definition) is 7. The maximum Gasteiger partial charge on any atom is 0.256 e. The highest BCUT2D eigenvalue weighted by Crippen LogP contribution is 2.33. The number of nitrogens with zero attached hydrogens (tertiary/aromatic N) is 5. The number of fused-ring (bicyclic) bond motifs is 1. The van der Waals surface area contributed by atoms with Crippen LogP contribution in [-0.4, -0.2) is 77.8 Å². The van der Waals surface area contributed by atoms with E-state index in [1.165, 1.54) is 6.08 Å². The van der Waals surface area contributed by atoms with Gasteiger partial charge in [-0.2, -0.15) is 5.10 Å². The first-order chi connectivity index (χ1) is 16.6. The van der Waals surface area contributed by atoms with E-state index in [1.807, 2.05) is 31.0 Å². The average molecular weight is 525 g/mol. The summed E-state index contributed by atoms with van der Waals surface area (Å²) >= 11 is 5.94. The summed E-state index contributed by atoms with van der Waals surface area (Å²) in [5, 5.41) is 14.0. The molecule has 10 nitrogen and oxygen atoms in total. The molecule has 12 heteroatoms. The lowest BCUT2D eigenvalue weighted by molar-refractivity contribution is -0.130. The molecule has 0 aromatic carbocycles. The second-order valence-electron chi connectivity index (χ2n) is 8.60. The largest absolute Gasteiger partial charge is 0.395 e. The van der Waals surface area contributed by atoms with Gasteiger partial charge in [0.1, 0.15) is 5.82 Å². The number of aryl methyl sites for hydroxylation is 1. The summed E-state index contributed by atoms with van der Waals surface area (Å²) in [6, 6.07) is 3.50. The smallest absolute Gasteiger partial charge is 0.256 e. The van der Waals surface area contributed by atoms with Crippen LogP contribution in [0, 0.1) is 6.92 Å². The van der Waals surface area contributed by atoms with Crippen molar-refractivity contribution in [1.82, 2.24) is 24.2 Å². The number of hydrogen-bond donors (Lipinski definition) is 2. The highest BCUT2D eigenvalue weighted by atomic mass is 35.5. The van der Waals surface area contributed by atoms with Gasteiger partial charge in [-0.25, -0.2) is 17.9 Å². The maximum atomic E-state index is 13.7. The average Bonchev–Trinajstić information content (AvgIpc) is 3.25. The van der Waals surface area contributed by atoms with Gasteiger partial charge in [0.05, 0.1) is 35.9 Å². The van der Waals surface area contributed by atoms with Crippen molar-refractivity contribution >= 4 is 39.0 Å². The number of rotatable bonds is 9. The lowest BCUT2D eigenvalue weighted by Crippen LogP contribution is -2.41. The number of halogens is 1. The molecule has 192 valence electrons. The van der Waals surface area contributed by atoms with E-state index in [0.29, 0.717) is 18.7 Å². The van der Waals surface area contributed by atoms with Gasteiger partial charge in [0, 0.05) is 43.8 Å². The number of amides is 1. The zero-order chi connectivity index (χ0) is 25.8. The van der Waals surface area contributed by atoms with Crippen molar-refractivity contribution in [3.05, 3.63) is 46.9 Å². The summed E-state index contributed by atoms with van der Waals surface area (Å²) in [6.45, 7) is 4.59. The van der Waals surface area contributed by atoms with Gasteiger partial charge < -0.3 is 14.9 Å². The Bertz CT molecular complexity index is 1240. The summed E-state index contributed by atoms with van der Waals surface area (Å²) in [6.07, 6.45) is 6.63. The van der Waals surface area contributed by atoms with Crippen molar-refractivity contribution in [2.45, 2.75) is 39.2 Å². The summed E-state index contributed by atoms with van der Waals surface area (Å²) in [7, 11) is -1.72. The SMILES string of the molecule is C/C=C(NS(C)(=O)=O)\C(=C/CCl)C(=O)N1CCCC[C@H]1c1cc2nc(N(C)CCO)cc(C)n2n1. The molecule has 0 bridgehead atoms. The van der Waals surface area contributed by atoms with Gasteiger partial charge in [0.15, 0.2) is 5.65 Å². The Morgan fingerprint density at radius 1 is 1.37 bits per heavy atom. The van der Waals surface area contributed by atoms with E-state index < -0.39 is 10.0 Å². The molecule has 1 atom stereocenters. The van der Waals surface area contributed by atoms with Gasteiger partial charge in [0.25, 0.3) is 5.91 Å². The molecule has 0 radical (unpaired) electrons. The van der Waals surface area contributed by atoms with Crippen LogP contribution >= 0.6 is 11.6 Å². The van der Waals surface area contributed by atoms with Crippen LogP contribution in [0.25, 0.3) is 5.65 Å². The van der Waals surface area contributed by atoms with Gasteiger partial charge in [-0.3, -0.25) is 9.52 Å². The van der Waals surface area contributed by atoms with Crippen LogP contribution in [0.15, 0.2) is 35.6 Å². The first-order valence-corrected chi connectivity index (χ1v) is 13.9. The van der Waals surface area contributed by atoms with Gasteiger partial charge in [-0.05, 0) is 33.1 Å². The van der Waals surface area contributed by atoms with Crippen LogP contribution in [0.5, 0.6) is 0 Å². The van der Waals surface area contributed by atoms with Crippen LogP contribution in [-0.2, 0) is 14.8 Å². The van der Waals surface area contributed by atoms with E-state index in [4.69, 9.17) is 16.7 Å². The van der Waals surface area contributed by atoms with Gasteiger partial charge >= 0.3 is 0 Å². The molecular weight excluding hydrogens is 492 g/mol. The van der Waals surface area contributed by atoms with Crippen molar-refractivity contribution in [1.29, 1.82) is 0 Å². The Kier molecular flexibility index (Phi) is 8.79. The minimum Gasteiger partial charge on any atom is -0.395 e. The van der Waals surface area contributed by atoms with Gasteiger partial charge in [0.2, 0.25) is 10.0 Å². The molecule has 0 saturated carbocycles. The molecule has 1 aliphatic rings. The van der Waals surface area contributed by atoms with E-state index in [-0.39, 0.29) is 35.7 Å². The Labute approximate surface area is 211 Å². The number of carbonyl (C=O) groups is 1. The number of sulfonamides is 1. The van der Waals surface area contributed by atoms with Crippen molar-refractivity contribution in [3.63, 3.8) is 0 Å². The second-order valence-corrected chi connectivity index (χ2v) is 10.7. The normalized spacial score (nSPS) is 17.7. The predicted molar refractivity (Wildman–Crippen MR) is 137 cm³/mol. The third-order valence-electron chi connectivity index (χ3n) is 5.93. The van der Waals surface area contributed by atoms with Crippen LogP contribution in [0.2, 0.25) is 0 Å². The van der Waals surface area contributed by atoms with Gasteiger partial charge in [-0.15, -0.1) is 11.6 Å². The Balaban J connectivity index is 1.99. The zero-order valence-corrected chi connectivity index (χ0v) is 22.1. The Morgan fingerprint density at radius 3 is 2.74 bits per heavy atom. The quantitative estimate of drug-likeness (QED) is 0.293. The first-order valence-electron chi connectivity index (χ1n) is 11.5. The minimum atomic E-state index is -3.58. The molecule has 2 aromatic rings. The number of anilines is 1. The second kappa shape index (κ2) is 11.4. The van der Waals surface area contributed by atoms with Gasteiger partial charge in [-0.1, -0.05) is 12.2 Å². The van der Waals surface area contributed by atoms with Crippen molar-refractivity contribution in [3.8, 4) is 0 Å². The lowest BCUT2D eigenvalue weighted by atomic mass is 9.97. The first kappa shape index (κ1) is 27.0. The number of likely N-dealkylation sites (tertiary alicyclic amines) is 1. The molecule has 0 unspecified atom stereocenters. The van der Waals surface area contributed by atoms with Crippen molar-refractivity contribution in [2.75, 3.05) is 43.8 Å². The van der Waals surface area contributed by atoms with E-state index >= 15 is 0 Å². The predicted octanol–water partition coefficient (Wildman–Crippen LogP) is 2.14. The third-order valence-corrected chi connectivity index (χ3v) is 6.67. The summed E-state index contributed by atoms with van der Waals surface area (Å²) in [5.74, 6) is 0.484. The highest BCUT2D eigenvalue weighted by Gasteiger charge is 2.33. The molecule has 0 spiro atoms. The summed E-state index contributed by atoms with van der Waals surface area (Å²) < 4.78 is 27.9. The van der Waals surface area contributed by atoms with Crippen LogP contribution in [0.3, 0.4) is 0 Å². The number of aromatic nitrogens is 3. The molecule has 1 fully saturated rings. The number of allylic oxidation sites excluding steroid dienone is 2. The molecule has 0 aliphatic carbocycles. The number of aliphatic hydroxyl groups is 1. The monoisotopic (exact) mass is 524 g/mol. The highest BCUT2D eigenvalue weighted by molar-refractivity contribution is 7.88. The van der Waals surface area contributed by atoms with E-state index in [2.05, 4.69) is 9.71 Å².